The van der Waals surface area contributed by atoms with Gasteiger partial charge in [-0.3, -0.25) is 4.79 Å². The minimum absolute atomic E-state index is 0.164. The molecule has 4 rings (SSSR count). The fraction of sp³-hybridized carbons (Fsp3) is 0.250. The molecule has 1 saturated heterocycles. The SMILES string of the molecule is Cn1cnc2ccc(Oc3c(Cl)ccc(N4CCCC4)c3C#N)cc2c1=O. The van der Waals surface area contributed by atoms with Crippen molar-refractivity contribution in [1.82, 2.24) is 9.55 Å². The summed E-state index contributed by atoms with van der Waals surface area (Å²) in [5, 5.41) is 10.5. The molecule has 1 aliphatic rings. The van der Waals surface area contributed by atoms with E-state index >= 15 is 0 Å². The highest BCUT2D eigenvalue weighted by molar-refractivity contribution is 6.32. The molecule has 2 heterocycles. The van der Waals surface area contributed by atoms with Gasteiger partial charge in [0, 0.05) is 20.1 Å². The first-order chi connectivity index (χ1) is 13.1. The van der Waals surface area contributed by atoms with Gasteiger partial charge in [0.1, 0.15) is 17.4 Å². The van der Waals surface area contributed by atoms with Gasteiger partial charge < -0.3 is 14.2 Å². The normalized spacial score (nSPS) is 13.7. The van der Waals surface area contributed by atoms with Crippen LogP contribution in [0.15, 0.2) is 41.5 Å². The molecule has 0 saturated carbocycles. The average Bonchev–Trinajstić information content (AvgIpc) is 3.21. The van der Waals surface area contributed by atoms with Gasteiger partial charge in [0.25, 0.3) is 5.56 Å². The molecule has 27 heavy (non-hydrogen) atoms. The molecule has 7 heteroatoms. The van der Waals surface area contributed by atoms with Crippen LogP contribution >= 0.6 is 11.6 Å². The summed E-state index contributed by atoms with van der Waals surface area (Å²) >= 11 is 6.34. The van der Waals surface area contributed by atoms with E-state index in [1.165, 1.54) is 10.9 Å². The van der Waals surface area contributed by atoms with Crippen LogP contribution in [0.2, 0.25) is 5.02 Å². The van der Waals surface area contributed by atoms with Gasteiger partial charge in [0.05, 0.1) is 27.9 Å². The number of anilines is 1. The Morgan fingerprint density at radius 2 is 2.00 bits per heavy atom. The summed E-state index contributed by atoms with van der Waals surface area (Å²) in [6.45, 7) is 1.82. The molecule has 1 aliphatic heterocycles. The second-order valence-electron chi connectivity index (χ2n) is 6.52. The number of fused-ring (bicyclic) bond motifs is 1. The van der Waals surface area contributed by atoms with E-state index in [0.717, 1.165) is 31.6 Å². The fourth-order valence-electron chi connectivity index (χ4n) is 3.35. The molecule has 0 amide bonds. The van der Waals surface area contributed by atoms with E-state index in [9.17, 15) is 10.1 Å². The molecule has 3 aromatic rings. The highest BCUT2D eigenvalue weighted by atomic mass is 35.5. The van der Waals surface area contributed by atoms with Gasteiger partial charge in [-0.15, -0.1) is 0 Å². The van der Waals surface area contributed by atoms with Gasteiger partial charge >= 0.3 is 0 Å². The Bertz CT molecular complexity index is 1130. The fourth-order valence-corrected chi connectivity index (χ4v) is 3.54. The van der Waals surface area contributed by atoms with Crippen LogP contribution in [0.1, 0.15) is 18.4 Å². The Morgan fingerprint density at radius 1 is 1.22 bits per heavy atom. The third-order valence-corrected chi connectivity index (χ3v) is 5.05. The number of aromatic nitrogens is 2. The summed E-state index contributed by atoms with van der Waals surface area (Å²) in [7, 11) is 1.65. The summed E-state index contributed by atoms with van der Waals surface area (Å²) in [5.41, 5.74) is 1.65. The third-order valence-electron chi connectivity index (χ3n) is 4.75. The summed E-state index contributed by atoms with van der Waals surface area (Å²) in [5.74, 6) is 0.744. The number of aryl methyl sites for hydroxylation is 1. The van der Waals surface area contributed by atoms with Gasteiger partial charge in [0.2, 0.25) is 0 Å². The molecule has 0 radical (unpaired) electrons. The molecule has 0 aliphatic carbocycles. The second kappa shape index (κ2) is 6.93. The molecule has 1 aromatic heterocycles. The summed E-state index contributed by atoms with van der Waals surface area (Å²) in [4.78, 5) is 18.7. The van der Waals surface area contributed by atoms with E-state index in [4.69, 9.17) is 16.3 Å². The van der Waals surface area contributed by atoms with E-state index in [2.05, 4.69) is 16.0 Å². The molecule has 0 unspecified atom stereocenters. The van der Waals surface area contributed by atoms with Crippen molar-refractivity contribution >= 4 is 28.2 Å². The van der Waals surface area contributed by atoms with Crippen molar-refractivity contribution in [3.05, 3.63) is 57.6 Å². The molecule has 6 nitrogen and oxygen atoms in total. The Morgan fingerprint density at radius 3 is 2.74 bits per heavy atom. The monoisotopic (exact) mass is 380 g/mol. The van der Waals surface area contributed by atoms with Crippen molar-refractivity contribution in [2.45, 2.75) is 12.8 Å². The number of hydrogen-bond donors (Lipinski definition) is 0. The number of hydrogen-bond acceptors (Lipinski definition) is 5. The Hall–Kier alpha value is -3.04. The van der Waals surface area contributed by atoms with Crippen LogP contribution in [0.3, 0.4) is 0 Å². The Kier molecular flexibility index (Phi) is 4.46. The quantitative estimate of drug-likeness (QED) is 0.690. The third kappa shape index (κ3) is 3.11. The van der Waals surface area contributed by atoms with Crippen LogP contribution in [0.5, 0.6) is 11.5 Å². The van der Waals surface area contributed by atoms with E-state index in [-0.39, 0.29) is 5.56 Å². The van der Waals surface area contributed by atoms with Crippen molar-refractivity contribution in [3.8, 4) is 17.6 Å². The zero-order chi connectivity index (χ0) is 19.0. The maximum absolute atomic E-state index is 12.3. The number of benzene rings is 2. The van der Waals surface area contributed by atoms with Gasteiger partial charge in [-0.25, -0.2) is 4.98 Å². The van der Waals surface area contributed by atoms with Crippen LogP contribution < -0.4 is 15.2 Å². The molecule has 0 bridgehead atoms. The number of nitriles is 1. The van der Waals surface area contributed by atoms with E-state index in [0.29, 0.717) is 33.0 Å². The molecule has 0 atom stereocenters. The minimum Gasteiger partial charge on any atom is -0.454 e. The standard InChI is InChI=1S/C20H17ClN4O2/c1-24-12-23-17-6-4-13(10-14(17)20(24)26)27-19-15(11-22)18(7-5-16(19)21)25-8-2-3-9-25/h4-7,10,12H,2-3,8-9H2,1H3. The van der Waals surface area contributed by atoms with Crippen LogP contribution in [-0.2, 0) is 7.05 Å². The smallest absolute Gasteiger partial charge is 0.261 e. The topological polar surface area (TPSA) is 71.2 Å². The van der Waals surface area contributed by atoms with Crippen molar-refractivity contribution < 1.29 is 4.74 Å². The van der Waals surface area contributed by atoms with Crippen LogP contribution in [0, 0.1) is 11.3 Å². The summed E-state index contributed by atoms with van der Waals surface area (Å²) < 4.78 is 7.39. The molecule has 136 valence electrons. The van der Waals surface area contributed by atoms with Gasteiger partial charge in [-0.1, -0.05) is 11.6 Å². The maximum atomic E-state index is 12.3. The zero-order valence-corrected chi connectivity index (χ0v) is 15.5. The molecule has 1 fully saturated rings. The van der Waals surface area contributed by atoms with Crippen molar-refractivity contribution in [1.29, 1.82) is 5.26 Å². The first kappa shape index (κ1) is 17.4. The maximum Gasteiger partial charge on any atom is 0.261 e. The van der Waals surface area contributed by atoms with Gasteiger partial charge in [-0.05, 0) is 43.2 Å². The summed E-state index contributed by atoms with van der Waals surface area (Å²) in [6, 6.07) is 10.9. The van der Waals surface area contributed by atoms with Crippen LogP contribution in [0.25, 0.3) is 10.9 Å². The predicted octanol–water partition coefficient (Wildman–Crippen LogP) is 3.85. The van der Waals surface area contributed by atoms with Gasteiger partial charge in [0.15, 0.2) is 5.75 Å². The Labute approximate surface area is 161 Å². The highest BCUT2D eigenvalue weighted by Gasteiger charge is 2.21. The van der Waals surface area contributed by atoms with Crippen molar-refractivity contribution in [2.75, 3.05) is 18.0 Å². The Balaban J connectivity index is 1.79. The zero-order valence-electron chi connectivity index (χ0n) is 14.8. The highest BCUT2D eigenvalue weighted by Crippen LogP contribution is 2.39. The first-order valence-electron chi connectivity index (χ1n) is 8.69. The lowest BCUT2D eigenvalue weighted by molar-refractivity contribution is 0.482. The average molecular weight is 381 g/mol. The lowest BCUT2D eigenvalue weighted by atomic mass is 10.1. The minimum atomic E-state index is -0.164. The lowest BCUT2D eigenvalue weighted by Crippen LogP contribution is -2.19. The molecule has 0 N–H and O–H groups in total. The van der Waals surface area contributed by atoms with Crippen molar-refractivity contribution in [3.63, 3.8) is 0 Å². The lowest BCUT2D eigenvalue weighted by Gasteiger charge is -2.21. The van der Waals surface area contributed by atoms with Crippen LogP contribution in [-0.4, -0.2) is 22.6 Å². The first-order valence-corrected chi connectivity index (χ1v) is 9.07. The molecule has 2 aromatic carbocycles. The number of rotatable bonds is 3. The molecular weight excluding hydrogens is 364 g/mol. The number of nitrogens with zero attached hydrogens (tertiary/aromatic N) is 4. The van der Waals surface area contributed by atoms with E-state index < -0.39 is 0 Å². The van der Waals surface area contributed by atoms with Crippen LogP contribution in [0.4, 0.5) is 5.69 Å². The van der Waals surface area contributed by atoms with E-state index in [1.807, 2.05) is 6.07 Å². The van der Waals surface area contributed by atoms with Crippen molar-refractivity contribution in [2.24, 2.45) is 7.05 Å². The molecule has 0 spiro atoms. The van der Waals surface area contributed by atoms with Gasteiger partial charge in [-0.2, -0.15) is 5.26 Å². The largest absolute Gasteiger partial charge is 0.454 e. The van der Waals surface area contributed by atoms with E-state index in [1.54, 1.807) is 31.3 Å². The second-order valence-corrected chi connectivity index (χ2v) is 6.93. The number of halogens is 1. The molecular formula is C20H17ClN4O2. The summed E-state index contributed by atoms with van der Waals surface area (Å²) in [6.07, 6.45) is 3.69. The number of ether oxygens (including phenoxy) is 1. The predicted molar refractivity (Wildman–Crippen MR) is 105 cm³/mol.